The van der Waals surface area contributed by atoms with Gasteiger partial charge in [0.15, 0.2) is 11.8 Å². The molecule has 0 aliphatic carbocycles. The SMILES string of the molecule is CC(C)(C)OC(=O)N1CCC[C@H]1C(=O)OCC(=O)Nc1cccnc1Cl. The fraction of sp³-hybridized carbons (Fsp3) is 0.529. The van der Waals surface area contributed by atoms with Crippen LogP contribution < -0.4 is 5.32 Å². The Hall–Kier alpha value is -2.35. The van der Waals surface area contributed by atoms with Crippen LogP contribution >= 0.6 is 11.6 Å². The number of nitrogens with one attached hydrogen (secondary N) is 1. The highest BCUT2D eigenvalue weighted by atomic mass is 35.5. The van der Waals surface area contributed by atoms with E-state index >= 15 is 0 Å². The van der Waals surface area contributed by atoms with Gasteiger partial charge in [-0.1, -0.05) is 11.6 Å². The number of halogens is 1. The lowest BCUT2D eigenvalue weighted by Gasteiger charge is -2.27. The Balaban J connectivity index is 1.87. The second-order valence-electron chi connectivity index (χ2n) is 6.83. The molecule has 1 aromatic rings. The first-order valence-corrected chi connectivity index (χ1v) is 8.62. The van der Waals surface area contributed by atoms with Crippen LogP contribution in [0.1, 0.15) is 33.6 Å². The van der Waals surface area contributed by atoms with E-state index in [2.05, 4.69) is 10.3 Å². The summed E-state index contributed by atoms with van der Waals surface area (Å²) in [5, 5.41) is 2.64. The molecule has 1 fully saturated rings. The van der Waals surface area contributed by atoms with E-state index in [1.54, 1.807) is 32.9 Å². The number of hydrogen-bond acceptors (Lipinski definition) is 6. The van der Waals surface area contributed by atoms with Crippen LogP contribution in [0.2, 0.25) is 5.15 Å². The lowest BCUT2D eigenvalue weighted by molar-refractivity contribution is -0.151. The van der Waals surface area contributed by atoms with Crippen molar-refractivity contribution in [3.05, 3.63) is 23.5 Å². The van der Waals surface area contributed by atoms with Crippen LogP contribution in [0, 0.1) is 0 Å². The number of nitrogens with zero attached hydrogens (tertiary/aromatic N) is 2. The zero-order chi connectivity index (χ0) is 19.3. The number of amides is 2. The average Bonchev–Trinajstić information content (AvgIpc) is 3.03. The van der Waals surface area contributed by atoms with Gasteiger partial charge in [0.25, 0.3) is 5.91 Å². The monoisotopic (exact) mass is 383 g/mol. The molecule has 2 amide bonds. The zero-order valence-corrected chi connectivity index (χ0v) is 15.7. The number of ether oxygens (including phenoxy) is 2. The smallest absolute Gasteiger partial charge is 0.411 e. The summed E-state index contributed by atoms with van der Waals surface area (Å²) < 4.78 is 10.3. The average molecular weight is 384 g/mol. The number of carbonyl (C=O) groups is 3. The first kappa shape index (κ1) is 20.0. The van der Waals surface area contributed by atoms with Crippen LogP contribution in [-0.2, 0) is 19.1 Å². The minimum absolute atomic E-state index is 0.138. The van der Waals surface area contributed by atoms with Crippen molar-refractivity contribution in [1.82, 2.24) is 9.88 Å². The number of aromatic nitrogens is 1. The van der Waals surface area contributed by atoms with Crippen molar-refractivity contribution in [2.45, 2.75) is 45.3 Å². The Morgan fingerprint density at radius 3 is 2.77 bits per heavy atom. The van der Waals surface area contributed by atoms with Crippen LogP contribution in [0.5, 0.6) is 0 Å². The second kappa shape index (κ2) is 8.35. The van der Waals surface area contributed by atoms with E-state index < -0.39 is 36.2 Å². The van der Waals surface area contributed by atoms with Gasteiger partial charge < -0.3 is 14.8 Å². The predicted molar refractivity (Wildman–Crippen MR) is 94.8 cm³/mol. The van der Waals surface area contributed by atoms with Gasteiger partial charge >= 0.3 is 12.1 Å². The fourth-order valence-electron chi connectivity index (χ4n) is 2.45. The standard InChI is InChI=1S/C17H22ClN3O5/c1-17(2,3)26-16(24)21-9-5-7-12(21)15(23)25-10-13(22)20-11-6-4-8-19-14(11)18/h4,6,8,12H,5,7,9-10H2,1-3H3,(H,20,22)/t12-/m0/s1. The van der Waals surface area contributed by atoms with Crippen molar-refractivity contribution < 1.29 is 23.9 Å². The molecule has 2 heterocycles. The van der Waals surface area contributed by atoms with Crippen LogP contribution in [0.3, 0.4) is 0 Å². The molecule has 26 heavy (non-hydrogen) atoms. The summed E-state index contributed by atoms with van der Waals surface area (Å²) in [6, 6.07) is 2.45. The van der Waals surface area contributed by atoms with E-state index in [4.69, 9.17) is 21.1 Å². The minimum Gasteiger partial charge on any atom is -0.454 e. The van der Waals surface area contributed by atoms with Crippen molar-refractivity contribution in [2.24, 2.45) is 0 Å². The molecule has 0 bridgehead atoms. The van der Waals surface area contributed by atoms with Crippen molar-refractivity contribution in [2.75, 3.05) is 18.5 Å². The van der Waals surface area contributed by atoms with Crippen molar-refractivity contribution in [3.63, 3.8) is 0 Å². The van der Waals surface area contributed by atoms with Crippen LogP contribution in [0.4, 0.5) is 10.5 Å². The summed E-state index contributed by atoms with van der Waals surface area (Å²) in [5.41, 5.74) is -0.330. The van der Waals surface area contributed by atoms with Gasteiger partial charge in [0.05, 0.1) is 5.69 Å². The number of esters is 1. The molecule has 0 spiro atoms. The van der Waals surface area contributed by atoms with Gasteiger partial charge in [0.1, 0.15) is 11.6 Å². The molecule has 0 saturated carbocycles. The Bertz CT molecular complexity index is 689. The first-order chi connectivity index (χ1) is 12.2. The Labute approximate surface area is 156 Å². The molecular formula is C17H22ClN3O5. The molecule has 9 heteroatoms. The lowest BCUT2D eigenvalue weighted by atomic mass is 10.2. The molecule has 0 unspecified atom stereocenters. The molecule has 8 nitrogen and oxygen atoms in total. The van der Waals surface area contributed by atoms with E-state index in [0.717, 1.165) is 0 Å². The van der Waals surface area contributed by atoms with E-state index in [9.17, 15) is 14.4 Å². The maximum Gasteiger partial charge on any atom is 0.411 e. The lowest BCUT2D eigenvalue weighted by Crippen LogP contribution is -2.44. The maximum atomic E-state index is 12.3. The fourth-order valence-corrected chi connectivity index (χ4v) is 2.62. The van der Waals surface area contributed by atoms with E-state index in [0.29, 0.717) is 25.1 Å². The predicted octanol–water partition coefficient (Wildman–Crippen LogP) is 2.62. The minimum atomic E-state index is -0.750. The summed E-state index contributed by atoms with van der Waals surface area (Å²) in [6.45, 7) is 5.18. The van der Waals surface area contributed by atoms with E-state index in [1.165, 1.54) is 11.1 Å². The van der Waals surface area contributed by atoms with Gasteiger partial charge in [-0.25, -0.2) is 14.6 Å². The maximum absolute atomic E-state index is 12.3. The van der Waals surface area contributed by atoms with Gasteiger partial charge in [0.2, 0.25) is 0 Å². The highest BCUT2D eigenvalue weighted by Gasteiger charge is 2.37. The van der Waals surface area contributed by atoms with Gasteiger partial charge in [-0.15, -0.1) is 0 Å². The number of hydrogen-bond donors (Lipinski definition) is 1. The molecule has 0 aromatic carbocycles. The van der Waals surface area contributed by atoms with Crippen LogP contribution in [0.25, 0.3) is 0 Å². The third-order valence-electron chi connectivity index (χ3n) is 3.53. The second-order valence-corrected chi connectivity index (χ2v) is 7.19. The molecule has 1 saturated heterocycles. The number of anilines is 1. The number of rotatable bonds is 4. The van der Waals surface area contributed by atoms with Crippen LogP contribution in [-0.4, -0.2) is 52.6 Å². The molecule has 0 radical (unpaired) electrons. The van der Waals surface area contributed by atoms with Crippen molar-refractivity contribution >= 4 is 35.3 Å². The summed E-state index contributed by atoms with van der Waals surface area (Å²) in [6.07, 6.45) is 2.05. The molecule has 1 N–H and O–H groups in total. The van der Waals surface area contributed by atoms with Crippen LogP contribution in [0.15, 0.2) is 18.3 Å². The van der Waals surface area contributed by atoms with Gasteiger partial charge in [-0.05, 0) is 45.7 Å². The highest BCUT2D eigenvalue weighted by Crippen LogP contribution is 2.22. The Kier molecular flexibility index (Phi) is 6.42. The first-order valence-electron chi connectivity index (χ1n) is 8.24. The molecule has 2 rings (SSSR count). The van der Waals surface area contributed by atoms with Gasteiger partial charge in [0, 0.05) is 12.7 Å². The topological polar surface area (TPSA) is 97.8 Å². The normalized spacial score (nSPS) is 16.9. The zero-order valence-electron chi connectivity index (χ0n) is 15.0. The number of carbonyl (C=O) groups excluding carboxylic acids is 3. The third kappa shape index (κ3) is 5.59. The van der Waals surface area contributed by atoms with Crippen molar-refractivity contribution in [3.8, 4) is 0 Å². The Morgan fingerprint density at radius 1 is 1.38 bits per heavy atom. The highest BCUT2D eigenvalue weighted by molar-refractivity contribution is 6.32. The summed E-state index contributed by atoms with van der Waals surface area (Å²) in [4.78, 5) is 41.5. The molecule has 1 aliphatic heterocycles. The van der Waals surface area contributed by atoms with Gasteiger partial charge in [-0.2, -0.15) is 0 Å². The van der Waals surface area contributed by atoms with E-state index in [1.807, 2.05) is 0 Å². The Morgan fingerprint density at radius 2 is 2.12 bits per heavy atom. The molecular weight excluding hydrogens is 362 g/mol. The quantitative estimate of drug-likeness (QED) is 0.634. The number of likely N-dealkylation sites (tertiary alicyclic amines) is 1. The van der Waals surface area contributed by atoms with Gasteiger partial charge in [-0.3, -0.25) is 9.69 Å². The van der Waals surface area contributed by atoms with E-state index in [-0.39, 0.29) is 5.15 Å². The summed E-state index contributed by atoms with van der Waals surface area (Å²) >= 11 is 5.85. The molecule has 1 aliphatic rings. The largest absolute Gasteiger partial charge is 0.454 e. The van der Waals surface area contributed by atoms with Crippen molar-refractivity contribution in [1.29, 1.82) is 0 Å². The molecule has 1 atom stereocenters. The third-order valence-corrected chi connectivity index (χ3v) is 3.83. The molecule has 1 aromatic heterocycles. The summed E-state index contributed by atoms with van der Waals surface area (Å²) in [7, 11) is 0. The summed E-state index contributed by atoms with van der Waals surface area (Å²) in [5.74, 6) is -1.18. The number of pyridine rings is 1. The molecule has 142 valence electrons.